The summed E-state index contributed by atoms with van der Waals surface area (Å²) in [6.45, 7) is 0. The van der Waals surface area contributed by atoms with E-state index in [0.717, 1.165) is 40.4 Å². The minimum atomic E-state index is 0.808. The fraction of sp³-hybridized carbons (Fsp3) is 0.105. The molecule has 0 aliphatic heterocycles. The molecule has 0 heterocycles. The average molecular weight is 309 g/mol. The van der Waals surface area contributed by atoms with Gasteiger partial charge in [-0.15, -0.1) is 0 Å². The number of halogens is 1. The normalized spacial score (nSPS) is 16.7. The molecule has 3 rings (SSSR count). The second kappa shape index (κ2) is 7.10. The molecule has 2 aromatic carbocycles. The van der Waals surface area contributed by atoms with Crippen LogP contribution in [-0.2, 0) is 0 Å². The lowest BCUT2D eigenvalue weighted by Crippen LogP contribution is -1.89. The van der Waals surface area contributed by atoms with Gasteiger partial charge in [0, 0.05) is 23.1 Å². The first-order valence-electron chi connectivity index (χ1n) is 7.32. The van der Waals surface area contributed by atoms with E-state index in [4.69, 9.17) is 11.6 Å². The number of nitrogens with one attached hydrogen (secondary N) is 1. The summed E-state index contributed by atoms with van der Waals surface area (Å²) in [6.07, 6.45) is 5.73. The summed E-state index contributed by atoms with van der Waals surface area (Å²) in [5.74, 6) is 0. The van der Waals surface area contributed by atoms with Crippen LogP contribution in [0.2, 0.25) is 0 Å². The van der Waals surface area contributed by atoms with Gasteiger partial charge in [0.25, 0.3) is 0 Å². The molecule has 0 bridgehead atoms. The zero-order valence-electron chi connectivity index (χ0n) is 12.2. The van der Waals surface area contributed by atoms with Gasteiger partial charge >= 0.3 is 0 Å². The summed E-state index contributed by atoms with van der Waals surface area (Å²) in [6, 6.07) is 20.0. The fourth-order valence-corrected chi connectivity index (χ4v) is 2.62. The van der Waals surface area contributed by atoms with Crippen LogP contribution in [0.15, 0.2) is 88.0 Å². The van der Waals surface area contributed by atoms with Gasteiger partial charge in [0.05, 0.1) is 5.69 Å². The van der Waals surface area contributed by atoms with Crippen molar-refractivity contribution in [2.45, 2.75) is 12.8 Å². The molecule has 0 spiro atoms. The molecule has 0 aromatic heterocycles. The Balaban J connectivity index is 1.71. The van der Waals surface area contributed by atoms with Crippen LogP contribution in [0.4, 0.5) is 11.4 Å². The second-order valence-electron chi connectivity index (χ2n) is 5.11. The second-order valence-corrected chi connectivity index (χ2v) is 5.49. The van der Waals surface area contributed by atoms with Crippen molar-refractivity contribution in [2.24, 2.45) is 4.99 Å². The quantitative estimate of drug-likeness (QED) is 0.723. The average Bonchev–Trinajstić information content (AvgIpc) is 2.93. The van der Waals surface area contributed by atoms with Crippen LogP contribution in [0.25, 0.3) is 0 Å². The van der Waals surface area contributed by atoms with Crippen LogP contribution < -0.4 is 5.32 Å². The van der Waals surface area contributed by atoms with Crippen molar-refractivity contribution in [2.75, 3.05) is 5.32 Å². The third kappa shape index (κ3) is 3.66. The molecule has 0 amide bonds. The van der Waals surface area contributed by atoms with Crippen molar-refractivity contribution >= 4 is 29.2 Å². The Bertz CT molecular complexity index is 716. The Kier molecular flexibility index (Phi) is 4.71. The van der Waals surface area contributed by atoms with Crippen molar-refractivity contribution in [3.8, 4) is 0 Å². The number of para-hydroxylation sites is 2. The third-order valence-corrected chi connectivity index (χ3v) is 4.03. The predicted molar refractivity (Wildman–Crippen MR) is 94.9 cm³/mol. The van der Waals surface area contributed by atoms with E-state index >= 15 is 0 Å². The first-order valence-corrected chi connectivity index (χ1v) is 7.69. The monoisotopic (exact) mass is 308 g/mol. The van der Waals surface area contributed by atoms with Crippen LogP contribution in [0.5, 0.6) is 0 Å². The smallest absolute Gasteiger partial charge is 0.0629 e. The van der Waals surface area contributed by atoms with Gasteiger partial charge in [0.1, 0.15) is 0 Å². The number of allylic oxidation sites excluding steroid dienone is 3. The zero-order chi connectivity index (χ0) is 15.2. The van der Waals surface area contributed by atoms with Gasteiger partial charge in [0.15, 0.2) is 0 Å². The van der Waals surface area contributed by atoms with E-state index in [9.17, 15) is 0 Å². The first-order chi connectivity index (χ1) is 10.8. The summed E-state index contributed by atoms with van der Waals surface area (Å²) < 4.78 is 0. The third-order valence-electron chi connectivity index (χ3n) is 3.54. The Morgan fingerprint density at radius 1 is 0.909 bits per heavy atom. The highest BCUT2D eigenvalue weighted by Gasteiger charge is 2.16. The molecular weight excluding hydrogens is 292 g/mol. The summed E-state index contributed by atoms with van der Waals surface area (Å²) in [5, 5.41) is 4.09. The first kappa shape index (κ1) is 14.6. The highest BCUT2D eigenvalue weighted by Crippen LogP contribution is 2.33. The van der Waals surface area contributed by atoms with Crippen LogP contribution >= 0.6 is 11.6 Å². The lowest BCUT2D eigenvalue weighted by Gasteiger charge is -2.02. The van der Waals surface area contributed by atoms with Crippen molar-refractivity contribution in [1.82, 2.24) is 0 Å². The molecule has 0 saturated heterocycles. The van der Waals surface area contributed by atoms with Crippen LogP contribution in [0.3, 0.4) is 0 Å². The van der Waals surface area contributed by atoms with Gasteiger partial charge in [-0.1, -0.05) is 48.0 Å². The van der Waals surface area contributed by atoms with E-state index in [0.29, 0.717) is 0 Å². The largest absolute Gasteiger partial charge is 0.361 e. The van der Waals surface area contributed by atoms with Gasteiger partial charge in [0.2, 0.25) is 0 Å². The Morgan fingerprint density at radius 3 is 2.32 bits per heavy atom. The number of nitrogens with zero attached hydrogens (tertiary/aromatic N) is 1. The molecule has 3 heteroatoms. The van der Waals surface area contributed by atoms with E-state index in [1.807, 2.05) is 73.1 Å². The maximum Gasteiger partial charge on any atom is 0.0629 e. The molecular formula is C19H17ClN2. The summed E-state index contributed by atoms with van der Waals surface area (Å²) >= 11 is 6.46. The lowest BCUT2D eigenvalue weighted by atomic mass is 10.2. The number of rotatable bonds is 4. The maximum absolute atomic E-state index is 6.46. The van der Waals surface area contributed by atoms with E-state index in [1.165, 1.54) is 0 Å². The molecule has 2 aromatic rings. The molecule has 1 aliphatic carbocycles. The van der Waals surface area contributed by atoms with E-state index in [1.54, 1.807) is 0 Å². The van der Waals surface area contributed by atoms with Crippen LogP contribution in [-0.4, -0.2) is 6.21 Å². The Morgan fingerprint density at radius 2 is 1.59 bits per heavy atom. The molecule has 0 radical (unpaired) electrons. The van der Waals surface area contributed by atoms with E-state index in [-0.39, 0.29) is 0 Å². The Hall–Kier alpha value is -2.32. The van der Waals surface area contributed by atoms with Gasteiger partial charge in [-0.05, 0) is 48.3 Å². The number of hydrogen-bond donors (Lipinski definition) is 1. The number of benzene rings is 2. The Labute approximate surface area is 135 Å². The van der Waals surface area contributed by atoms with Crippen molar-refractivity contribution < 1.29 is 0 Å². The number of aliphatic imine (C=N–C) groups is 1. The zero-order valence-corrected chi connectivity index (χ0v) is 12.9. The summed E-state index contributed by atoms with van der Waals surface area (Å²) in [4.78, 5) is 4.48. The summed E-state index contributed by atoms with van der Waals surface area (Å²) in [5.41, 5.74) is 4.22. The molecule has 0 unspecified atom stereocenters. The molecule has 0 atom stereocenters. The van der Waals surface area contributed by atoms with E-state index in [2.05, 4.69) is 10.3 Å². The minimum absolute atomic E-state index is 0.808. The van der Waals surface area contributed by atoms with Crippen LogP contribution in [0, 0.1) is 0 Å². The maximum atomic E-state index is 6.46. The van der Waals surface area contributed by atoms with Gasteiger partial charge in [-0.25, -0.2) is 0 Å². The van der Waals surface area contributed by atoms with Gasteiger partial charge in [-0.3, -0.25) is 4.99 Å². The molecule has 1 N–H and O–H groups in total. The molecule has 2 nitrogen and oxygen atoms in total. The molecule has 1 aliphatic rings. The van der Waals surface area contributed by atoms with Crippen molar-refractivity contribution in [3.05, 3.63) is 83.0 Å². The molecule has 22 heavy (non-hydrogen) atoms. The number of anilines is 1. The highest BCUT2D eigenvalue weighted by molar-refractivity contribution is 6.34. The SMILES string of the molecule is ClC1=C(C=Nc2ccccc2)CC/C1=C/Nc1ccccc1. The molecule has 0 fully saturated rings. The molecule has 0 saturated carbocycles. The number of hydrogen-bond acceptors (Lipinski definition) is 2. The predicted octanol–water partition coefficient (Wildman–Crippen LogP) is 5.67. The van der Waals surface area contributed by atoms with Crippen molar-refractivity contribution in [3.63, 3.8) is 0 Å². The van der Waals surface area contributed by atoms with Crippen LogP contribution in [0.1, 0.15) is 12.8 Å². The van der Waals surface area contributed by atoms with Crippen molar-refractivity contribution in [1.29, 1.82) is 0 Å². The molecule has 110 valence electrons. The minimum Gasteiger partial charge on any atom is -0.361 e. The van der Waals surface area contributed by atoms with Gasteiger partial charge < -0.3 is 5.32 Å². The highest BCUT2D eigenvalue weighted by atomic mass is 35.5. The van der Waals surface area contributed by atoms with Gasteiger partial charge in [-0.2, -0.15) is 0 Å². The summed E-state index contributed by atoms with van der Waals surface area (Å²) in [7, 11) is 0. The standard InChI is InChI=1S/C19H17ClN2/c20-19-15(13-21-17-7-3-1-4-8-17)11-12-16(19)14-22-18-9-5-2-6-10-18/h1-10,13-14,21H,11-12H2/b15-13-,22-14?. The van der Waals surface area contributed by atoms with E-state index < -0.39 is 0 Å². The lowest BCUT2D eigenvalue weighted by molar-refractivity contribution is 1.04. The fourth-order valence-electron chi connectivity index (χ4n) is 2.32. The topological polar surface area (TPSA) is 24.4 Å².